The molecule has 1 unspecified atom stereocenters. The fraction of sp³-hybridized carbons (Fsp3) is 0.818. The van der Waals surface area contributed by atoms with Crippen molar-refractivity contribution in [3.05, 3.63) is 12.7 Å². The summed E-state index contributed by atoms with van der Waals surface area (Å²) >= 11 is 0. The van der Waals surface area contributed by atoms with E-state index in [0.29, 0.717) is 5.92 Å². The van der Waals surface area contributed by atoms with E-state index < -0.39 is 0 Å². The van der Waals surface area contributed by atoms with E-state index in [1.165, 1.54) is 0 Å². The Morgan fingerprint density at radius 1 is 1.21 bits per heavy atom. The number of hydrogen-bond donors (Lipinski definition) is 0. The molecule has 1 atom stereocenters. The molecular weight excluding hydrogens is 180 g/mol. The molecule has 0 bridgehead atoms. The van der Waals surface area contributed by atoms with Crippen LogP contribution in [-0.2, 0) is 14.2 Å². The van der Waals surface area contributed by atoms with Gasteiger partial charge in [-0.05, 0) is 19.3 Å². The molecule has 0 spiro atoms. The average molecular weight is 202 g/mol. The molecule has 3 heteroatoms. The molecule has 0 saturated carbocycles. The van der Waals surface area contributed by atoms with Crippen molar-refractivity contribution < 1.29 is 14.2 Å². The van der Waals surface area contributed by atoms with Crippen molar-refractivity contribution >= 4 is 0 Å². The van der Waals surface area contributed by atoms with Gasteiger partial charge in [-0.1, -0.05) is 6.08 Å². The summed E-state index contributed by atoms with van der Waals surface area (Å²) in [6.07, 6.45) is 4.74. The minimum absolute atomic E-state index is 0.134. The Hall–Kier alpha value is -0.380. The van der Waals surface area contributed by atoms with Gasteiger partial charge in [-0.3, -0.25) is 0 Å². The molecule has 0 fully saturated rings. The zero-order valence-electron chi connectivity index (χ0n) is 9.49. The van der Waals surface area contributed by atoms with Gasteiger partial charge in [0.1, 0.15) is 0 Å². The normalized spacial score (nSPS) is 13.1. The van der Waals surface area contributed by atoms with E-state index in [1.807, 2.05) is 6.08 Å². The van der Waals surface area contributed by atoms with E-state index in [0.717, 1.165) is 25.9 Å². The van der Waals surface area contributed by atoms with Crippen LogP contribution in [0.25, 0.3) is 0 Å². The van der Waals surface area contributed by atoms with Gasteiger partial charge >= 0.3 is 0 Å². The van der Waals surface area contributed by atoms with Crippen LogP contribution in [0.3, 0.4) is 0 Å². The van der Waals surface area contributed by atoms with Gasteiger partial charge in [-0.25, -0.2) is 0 Å². The largest absolute Gasteiger partial charge is 0.385 e. The predicted molar refractivity (Wildman–Crippen MR) is 57.2 cm³/mol. The SMILES string of the molecule is C=CCC(CCCOC)C(OC)OC. The van der Waals surface area contributed by atoms with E-state index >= 15 is 0 Å². The molecule has 0 heterocycles. The molecule has 0 aromatic rings. The van der Waals surface area contributed by atoms with Crippen molar-refractivity contribution in [1.29, 1.82) is 0 Å². The summed E-state index contributed by atoms with van der Waals surface area (Å²) in [5.74, 6) is 0.373. The zero-order valence-corrected chi connectivity index (χ0v) is 9.49. The van der Waals surface area contributed by atoms with Crippen LogP contribution >= 0.6 is 0 Å². The summed E-state index contributed by atoms with van der Waals surface area (Å²) in [6.45, 7) is 4.52. The predicted octanol–water partition coefficient (Wildman–Crippen LogP) is 2.22. The fourth-order valence-electron chi connectivity index (χ4n) is 1.55. The molecule has 0 aliphatic rings. The van der Waals surface area contributed by atoms with Crippen molar-refractivity contribution in [2.45, 2.75) is 25.6 Å². The molecule has 0 amide bonds. The third-order valence-electron chi connectivity index (χ3n) is 2.24. The summed E-state index contributed by atoms with van der Waals surface area (Å²) in [5.41, 5.74) is 0. The molecule has 0 aromatic heterocycles. The maximum absolute atomic E-state index is 5.23. The quantitative estimate of drug-likeness (QED) is 0.326. The van der Waals surface area contributed by atoms with Crippen LogP contribution in [0.1, 0.15) is 19.3 Å². The highest BCUT2D eigenvalue weighted by molar-refractivity contribution is 4.75. The Morgan fingerprint density at radius 2 is 1.86 bits per heavy atom. The second-order valence-corrected chi connectivity index (χ2v) is 3.26. The van der Waals surface area contributed by atoms with Gasteiger partial charge in [0.05, 0.1) is 0 Å². The van der Waals surface area contributed by atoms with Crippen LogP contribution in [0, 0.1) is 5.92 Å². The number of hydrogen-bond acceptors (Lipinski definition) is 3. The number of methoxy groups -OCH3 is 3. The Balaban J connectivity index is 3.91. The molecule has 0 rings (SSSR count). The van der Waals surface area contributed by atoms with Crippen LogP contribution in [0.4, 0.5) is 0 Å². The molecule has 3 nitrogen and oxygen atoms in total. The van der Waals surface area contributed by atoms with Gasteiger partial charge in [-0.2, -0.15) is 0 Å². The Labute approximate surface area is 87.0 Å². The molecular formula is C11H22O3. The van der Waals surface area contributed by atoms with Crippen molar-refractivity contribution in [2.75, 3.05) is 27.9 Å². The minimum atomic E-state index is -0.134. The number of allylic oxidation sites excluding steroid dienone is 1. The Morgan fingerprint density at radius 3 is 2.29 bits per heavy atom. The van der Waals surface area contributed by atoms with Crippen LogP contribution < -0.4 is 0 Å². The Kier molecular flexibility index (Phi) is 8.94. The smallest absolute Gasteiger partial charge is 0.159 e. The summed E-state index contributed by atoms with van der Waals surface area (Å²) < 4.78 is 15.5. The van der Waals surface area contributed by atoms with Crippen LogP contribution in [-0.4, -0.2) is 34.2 Å². The first-order valence-electron chi connectivity index (χ1n) is 4.95. The maximum Gasteiger partial charge on any atom is 0.159 e. The van der Waals surface area contributed by atoms with Gasteiger partial charge in [0.2, 0.25) is 0 Å². The molecule has 14 heavy (non-hydrogen) atoms. The van der Waals surface area contributed by atoms with E-state index in [-0.39, 0.29) is 6.29 Å². The monoisotopic (exact) mass is 202 g/mol. The topological polar surface area (TPSA) is 27.7 Å². The van der Waals surface area contributed by atoms with Crippen LogP contribution in [0.15, 0.2) is 12.7 Å². The van der Waals surface area contributed by atoms with Gasteiger partial charge in [0.15, 0.2) is 6.29 Å². The first-order chi connectivity index (χ1) is 6.79. The van der Waals surface area contributed by atoms with Gasteiger partial charge < -0.3 is 14.2 Å². The summed E-state index contributed by atoms with van der Waals surface area (Å²) in [5, 5.41) is 0. The molecule has 0 radical (unpaired) electrons. The highest BCUT2D eigenvalue weighted by atomic mass is 16.7. The van der Waals surface area contributed by atoms with Crippen LogP contribution in [0.5, 0.6) is 0 Å². The summed E-state index contributed by atoms with van der Waals surface area (Å²) in [7, 11) is 5.05. The number of ether oxygens (including phenoxy) is 3. The van der Waals surface area contributed by atoms with E-state index in [2.05, 4.69) is 6.58 Å². The van der Waals surface area contributed by atoms with Crippen molar-refractivity contribution in [1.82, 2.24) is 0 Å². The molecule has 0 N–H and O–H groups in total. The molecule has 84 valence electrons. The molecule has 0 saturated heterocycles. The van der Waals surface area contributed by atoms with Crippen molar-refractivity contribution in [2.24, 2.45) is 5.92 Å². The van der Waals surface area contributed by atoms with Crippen molar-refractivity contribution in [3.63, 3.8) is 0 Å². The lowest BCUT2D eigenvalue weighted by Crippen LogP contribution is -2.24. The summed E-state index contributed by atoms with van der Waals surface area (Å²) in [6, 6.07) is 0. The first-order valence-corrected chi connectivity index (χ1v) is 4.95. The third-order valence-corrected chi connectivity index (χ3v) is 2.24. The second-order valence-electron chi connectivity index (χ2n) is 3.26. The lowest BCUT2D eigenvalue weighted by atomic mass is 9.99. The maximum atomic E-state index is 5.23. The summed E-state index contributed by atoms with van der Waals surface area (Å²) in [4.78, 5) is 0. The fourth-order valence-corrected chi connectivity index (χ4v) is 1.55. The van der Waals surface area contributed by atoms with Crippen LogP contribution in [0.2, 0.25) is 0 Å². The van der Waals surface area contributed by atoms with E-state index in [1.54, 1.807) is 21.3 Å². The first kappa shape index (κ1) is 13.6. The standard InChI is InChI=1S/C11H22O3/c1-5-7-10(8-6-9-12-2)11(13-3)14-4/h5,10-11H,1,6-9H2,2-4H3. The van der Waals surface area contributed by atoms with Gasteiger partial charge in [-0.15, -0.1) is 6.58 Å². The number of rotatable bonds is 9. The van der Waals surface area contributed by atoms with Gasteiger partial charge in [0.25, 0.3) is 0 Å². The molecule has 0 aliphatic carbocycles. The lowest BCUT2D eigenvalue weighted by Gasteiger charge is -2.23. The Bertz CT molecular complexity index is 132. The zero-order chi connectivity index (χ0) is 10.8. The lowest BCUT2D eigenvalue weighted by molar-refractivity contribution is -0.138. The highest BCUT2D eigenvalue weighted by Gasteiger charge is 2.18. The second kappa shape index (κ2) is 9.19. The highest BCUT2D eigenvalue weighted by Crippen LogP contribution is 2.19. The van der Waals surface area contributed by atoms with E-state index in [4.69, 9.17) is 14.2 Å². The third kappa shape index (κ3) is 5.37. The molecule has 0 aromatic carbocycles. The average Bonchev–Trinajstić information content (AvgIpc) is 2.20. The molecule has 0 aliphatic heterocycles. The van der Waals surface area contributed by atoms with E-state index in [9.17, 15) is 0 Å². The minimum Gasteiger partial charge on any atom is -0.385 e. The van der Waals surface area contributed by atoms with Gasteiger partial charge in [0, 0.05) is 33.9 Å². The van der Waals surface area contributed by atoms with Crippen molar-refractivity contribution in [3.8, 4) is 0 Å².